The number of fused-ring (bicyclic) bond motifs is 1. The van der Waals surface area contributed by atoms with Crippen LogP contribution in [0.5, 0.6) is 0 Å². The topological polar surface area (TPSA) is 69.4 Å². The van der Waals surface area contributed by atoms with E-state index in [0.29, 0.717) is 10.2 Å². The lowest BCUT2D eigenvalue weighted by Crippen LogP contribution is -1.98. The van der Waals surface area contributed by atoms with Crippen LogP contribution in [0.25, 0.3) is 15.9 Å². The molecule has 0 spiro atoms. The monoisotopic (exact) mass is 360 g/mol. The third kappa shape index (κ3) is 2.80. The summed E-state index contributed by atoms with van der Waals surface area (Å²) >= 11 is 8.98. The summed E-state index contributed by atoms with van der Waals surface area (Å²) in [7, 11) is 0. The predicted octanol–water partition coefficient (Wildman–Crippen LogP) is 3.78. The van der Waals surface area contributed by atoms with E-state index in [1.807, 2.05) is 12.1 Å². The number of thiophene rings is 1. The normalized spacial score (nSPS) is 11.2. The van der Waals surface area contributed by atoms with Crippen LogP contribution in [0.4, 0.5) is 0 Å². The molecule has 0 saturated carbocycles. The average molecular weight is 361 g/mol. The van der Waals surface area contributed by atoms with Crippen molar-refractivity contribution in [2.75, 3.05) is 0 Å². The van der Waals surface area contributed by atoms with Crippen LogP contribution in [0.1, 0.15) is 4.88 Å². The number of hydrogen-bond acceptors (Lipinski definition) is 7. The third-order valence-electron chi connectivity index (χ3n) is 3.12. The van der Waals surface area contributed by atoms with Crippen LogP contribution in [-0.4, -0.2) is 30.2 Å². The van der Waals surface area contributed by atoms with Crippen molar-refractivity contribution < 1.29 is 0 Å². The second-order valence-electron chi connectivity index (χ2n) is 4.71. The average Bonchev–Trinajstić information content (AvgIpc) is 3.14. The standard InChI is InChI=1S/C14H9ClN6S2/c1-8-6-11-12(22-8)16-7-17-13(11)23-14-18-19-20-21(14)10-4-2-9(15)3-5-10/h2-7H,1H3. The lowest BCUT2D eigenvalue weighted by molar-refractivity contribution is 0.756. The van der Waals surface area contributed by atoms with E-state index in [1.54, 1.807) is 34.5 Å². The molecular weight excluding hydrogens is 352 g/mol. The van der Waals surface area contributed by atoms with Gasteiger partial charge in [-0.15, -0.1) is 16.4 Å². The summed E-state index contributed by atoms with van der Waals surface area (Å²) in [5.41, 5.74) is 0.841. The molecular formula is C14H9ClN6S2. The van der Waals surface area contributed by atoms with Crippen LogP contribution < -0.4 is 0 Å². The quantitative estimate of drug-likeness (QED) is 0.518. The predicted molar refractivity (Wildman–Crippen MR) is 90.4 cm³/mol. The molecule has 0 N–H and O–H groups in total. The molecule has 6 nitrogen and oxygen atoms in total. The molecule has 0 fully saturated rings. The molecule has 0 aliphatic rings. The Labute approximate surface area is 144 Å². The Morgan fingerprint density at radius 3 is 2.83 bits per heavy atom. The number of aryl methyl sites for hydroxylation is 1. The van der Waals surface area contributed by atoms with Gasteiger partial charge in [0.05, 0.1) is 5.69 Å². The molecule has 0 aliphatic heterocycles. The molecule has 0 radical (unpaired) electrons. The summed E-state index contributed by atoms with van der Waals surface area (Å²) in [6.45, 7) is 2.05. The molecule has 1 aromatic carbocycles. The molecule has 3 aromatic heterocycles. The highest BCUT2D eigenvalue weighted by Gasteiger charge is 2.14. The Bertz CT molecular complexity index is 979. The maximum absolute atomic E-state index is 5.93. The van der Waals surface area contributed by atoms with Gasteiger partial charge in [-0.1, -0.05) is 11.6 Å². The molecule has 3 heterocycles. The molecule has 0 aliphatic carbocycles. The summed E-state index contributed by atoms with van der Waals surface area (Å²) in [6.07, 6.45) is 1.57. The highest BCUT2D eigenvalue weighted by molar-refractivity contribution is 7.99. The van der Waals surface area contributed by atoms with Gasteiger partial charge in [-0.25, -0.2) is 9.97 Å². The Kier molecular flexibility index (Phi) is 3.72. The van der Waals surface area contributed by atoms with Crippen molar-refractivity contribution in [3.63, 3.8) is 0 Å². The minimum Gasteiger partial charge on any atom is -0.229 e. The van der Waals surface area contributed by atoms with Gasteiger partial charge in [0.2, 0.25) is 5.16 Å². The number of nitrogens with zero attached hydrogens (tertiary/aromatic N) is 6. The first kappa shape index (κ1) is 14.6. The highest BCUT2D eigenvalue weighted by atomic mass is 35.5. The maximum atomic E-state index is 5.93. The molecule has 0 unspecified atom stereocenters. The van der Waals surface area contributed by atoms with E-state index in [0.717, 1.165) is 20.9 Å². The number of halogens is 1. The van der Waals surface area contributed by atoms with Crippen molar-refractivity contribution >= 4 is 44.9 Å². The number of tetrazole rings is 1. The summed E-state index contributed by atoms with van der Waals surface area (Å²) in [5, 5.41) is 15.1. The van der Waals surface area contributed by atoms with Crippen LogP contribution in [0, 0.1) is 6.92 Å². The van der Waals surface area contributed by atoms with E-state index in [-0.39, 0.29) is 0 Å². The second kappa shape index (κ2) is 5.88. The number of benzene rings is 1. The van der Waals surface area contributed by atoms with Gasteiger partial charge in [-0.2, -0.15) is 4.68 Å². The van der Waals surface area contributed by atoms with Crippen LogP contribution in [0.2, 0.25) is 5.02 Å². The lowest BCUT2D eigenvalue weighted by atomic mass is 10.3. The van der Waals surface area contributed by atoms with E-state index in [4.69, 9.17) is 11.6 Å². The maximum Gasteiger partial charge on any atom is 0.220 e. The van der Waals surface area contributed by atoms with Gasteiger partial charge < -0.3 is 0 Å². The summed E-state index contributed by atoms with van der Waals surface area (Å²) in [6, 6.07) is 9.43. The Morgan fingerprint density at radius 1 is 1.17 bits per heavy atom. The number of rotatable bonds is 3. The first-order valence-electron chi connectivity index (χ1n) is 6.64. The van der Waals surface area contributed by atoms with Gasteiger partial charge >= 0.3 is 0 Å². The summed E-state index contributed by atoms with van der Waals surface area (Å²) < 4.78 is 1.66. The van der Waals surface area contributed by atoms with Crippen molar-refractivity contribution in [3.8, 4) is 5.69 Å². The van der Waals surface area contributed by atoms with E-state index in [2.05, 4.69) is 38.5 Å². The number of hydrogen-bond donors (Lipinski definition) is 0. The zero-order valence-corrected chi connectivity index (χ0v) is 14.2. The molecule has 0 atom stereocenters. The van der Waals surface area contributed by atoms with Gasteiger partial charge in [-0.05, 0) is 59.4 Å². The lowest BCUT2D eigenvalue weighted by Gasteiger charge is -2.04. The fourth-order valence-electron chi connectivity index (χ4n) is 2.11. The smallest absolute Gasteiger partial charge is 0.220 e. The third-order valence-corrected chi connectivity index (χ3v) is 5.28. The van der Waals surface area contributed by atoms with Crippen molar-refractivity contribution in [1.82, 2.24) is 30.2 Å². The minimum absolute atomic E-state index is 0.635. The van der Waals surface area contributed by atoms with Crippen LogP contribution in [0.15, 0.2) is 46.8 Å². The molecule has 4 aromatic rings. The first-order chi connectivity index (χ1) is 11.2. The highest BCUT2D eigenvalue weighted by Crippen LogP contribution is 2.33. The van der Waals surface area contributed by atoms with Gasteiger partial charge in [-0.3, -0.25) is 0 Å². The van der Waals surface area contributed by atoms with Crippen LogP contribution in [0.3, 0.4) is 0 Å². The SMILES string of the molecule is Cc1cc2c(Sc3nnnn3-c3ccc(Cl)cc3)ncnc2s1. The van der Waals surface area contributed by atoms with Crippen LogP contribution in [-0.2, 0) is 0 Å². The largest absolute Gasteiger partial charge is 0.229 e. The Hall–Kier alpha value is -2.03. The van der Waals surface area contributed by atoms with Gasteiger partial charge in [0.15, 0.2) is 0 Å². The van der Waals surface area contributed by atoms with Gasteiger partial charge in [0.1, 0.15) is 16.2 Å². The minimum atomic E-state index is 0.635. The number of aromatic nitrogens is 6. The molecule has 4 rings (SSSR count). The summed E-state index contributed by atoms with van der Waals surface area (Å²) in [4.78, 5) is 10.8. The second-order valence-corrected chi connectivity index (χ2v) is 7.33. The van der Waals surface area contributed by atoms with Crippen molar-refractivity contribution in [3.05, 3.63) is 46.6 Å². The first-order valence-corrected chi connectivity index (χ1v) is 8.65. The van der Waals surface area contributed by atoms with Crippen molar-refractivity contribution in [1.29, 1.82) is 0 Å². The van der Waals surface area contributed by atoms with Crippen molar-refractivity contribution in [2.24, 2.45) is 0 Å². The van der Waals surface area contributed by atoms with Crippen molar-refractivity contribution in [2.45, 2.75) is 17.1 Å². The molecule has 9 heteroatoms. The van der Waals surface area contributed by atoms with Gasteiger partial charge in [0, 0.05) is 15.3 Å². The van der Waals surface area contributed by atoms with Gasteiger partial charge in [0.25, 0.3) is 0 Å². The molecule has 0 bridgehead atoms. The fraction of sp³-hybridized carbons (Fsp3) is 0.0714. The Morgan fingerprint density at radius 2 is 2.00 bits per heavy atom. The molecule has 0 amide bonds. The fourth-order valence-corrected chi connectivity index (χ4v) is 3.99. The Balaban J connectivity index is 1.75. The zero-order valence-electron chi connectivity index (χ0n) is 11.8. The van der Waals surface area contributed by atoms with E-state index in [9.17, 15) is 0 Å². The van der Waals surface area contributed by atoms with E-state index in [1.165, 1.54) is 16.6 Å². The molecule has 0 saturated heterocycles. The molecule has 114 valence electrons. The van der Waals surface area contributed by atoms with Crippen LogP contribution >= 0.6 is 34.7 Å². The van der Waals surface area contributed by atoms with E-state index < -0.39 is 0 Å². The molecule has 23 heavy (non-hydrogen) atoms. The zero-order chi connectivity index (χ0) is 15.8. The van der Waals surface area contributed by atoms with E-state index >= 15 is 0 Å². The summed E-state index contributed by atoms with van der Waals surface area (Å²) in [5.74, 6) is 0.